The van der Waals surface area contributed by atoms with Crippen LogP contribution < -0.4 is 5.32 Å². The number of aliphatic hydroxyl groups is 1. The van der Waals surface area contributed by atoms with Gasteiger partial charge in [0.2, 0.25) is 0 Å². The van der Waals surface area contributed by atoms with Crippen molar-refractivity contribution < 1.29 is 5.11 Å². The maximum Gasteiger partial charge on any atom is 0.0640 e. The van der Waals surface area contributed by atoms with Crippen LogP contribution in [0.3, 0.4) is 0 Å². The molecule has 0 aliphatic heterocycles. The second-order valence-electron chi connectivity index (χ2n) is 5.59. The molecule has 102 valence electrons. The van der Waals surface area contributed by atoms with Gasteiger partial charge in [-0.25, -0.2) is 0 Å². The lowest BCUT2D eigenvalue weighted by molar-refractivity contribution is 0.206. The van der Waals surface area contributed by atoms with Gasteiger partial charge in [0.05, 0.1) is 19.3 Å². The molecule has 1 aliphatic carbocycles. The normalized spacial score (nSPS) is 28.5. The minimum Gasteiger partial charge on any atom is -0.394 e. The van der Waals surface area contributed by atoms with E-state index in [1.54, 1.807) is 4.68 Å². The lowest BCUT2D eigenvalue weighted by atomic mass is 9.78. The molecule has 0 bridgehead atoms. The second kappa shape index (κ2) is 6.34. The Hall–Kier alpha value is -0.870. The zero-order chi connectivity index (χ0) is 13.0. The van der Waals surface area contributed by atoms with Gasteiger partial charge in [0.25, 0.3) is 0 Å². The number of nitrogens with zero attached hydrogens (tertiary/aromatic N) is 2. The highest BCUT2D eigenvalue weighted by Gasteiger charge is 2.26. The number of hydrogen-bond donors (Lipinski definition) is 2. The van der Waals surface area contributed by atoms with Crippen molar-refractivity contribution in [3.05, 3.63) is 18.0 Å². The minimum atomic E-state index is 0.145. The van der Waals surface area contributed by atoms with Crippen LogP contribution in [0.2, 0.25) is 0 Å². The lowest BCUT2D eigenvalue weighted by Crippen LogP contribution is -2.40. The van der Waals surface area contributed by atoms with E-state index in [0.29, 0.717) is 12.6 Å². The topological polar surface area (TPSA) is 50.1 Å². The van der Waals surface area contributed by atoms with Crippen LogP contribution in [0, 0.1) is 11.8 Å². The monoisotopic (exact) mass is 251 g/mol. The van der Waals surface area contributed by atoms with E-state index in [-0.39, 0.29) is 6.61 Å². The van der Waals surface area contributed by atoms with Gasteiger partial charge < -0.3 is 10.4 Å². The molecular formula is C14H25N3O. The molecule has 18 heavy (non-hydrogen) atoms. The third-order valence-electron chi connectivity index (χ3n) is 4.29. The Morgan fingerprint density at radius 2 is 2.28 bits per heavy atom. The molecule has 0 amide bonds. The molecule has 0 saturated heterocycles. The highest BCUT2D eigenvalue weighted by molar-refractivity contribution is 5.04. The Labute approximate surface area is 109 Å². The van der Waals surface area contributed by atoms with Crippen molar-refractivity contribution in [2.24, 2.45) is 11.8 Å². The Bertz CT molecular complexity index is 364. The van der Waals surface area contributed by atoms with Gasteiger partial charge in [0.1, 0.15) is 0 Å². The Balaban J connectivity index is 1.82. The summed E-state index contributed by atoms with van der Waals surface area (Å²) in [5.74, 6) is 1.58. The molecule has 0 spiro atoms. The van der Waals surface area contributed by atoms with E-state index in [9.17, 15) is 0 Å². The van der Waals surface area contributed by atoms with Crippen LogP contribution in [0.5, 0.6) is 0 Å². The van der Waals surface area contributed by atoms with Crippen molar-refractivity contribution in [1.29, 1.82) is 0 Å². The van der Waals surface area contributed by atoms with Gasteiger partial charge in [0, 0.05) is 24.3 Å². The molecule has 1 aromatic rings. The largest absolute Gasteiger partial charge is 0.394 e. The number of aromatic nitrogens is 2. The highest BCUT2D eigenvalue weighted by atomic mass is 16.3. The van der Waals surface area contributed by atoms with Gasteiger partial charge >= 0.3 is 0 Å². The third kappa shape index (κ3) is 3.33. The van der Waals surface area contributed by atoms with E-state index in [2.05, 4.69) is 24.3 Å². The summed E-state index contributed by atoms with van der Waals surface area (Å²) >= 11 is 0. The molecule has 1 aliphatic rings. The first-order chi connectivity index (χ1) is 8.70. The predicted molar refractivity (Wildman–Crippen MR) is 72.1 cm³/mol. The van der Waals surface area contributed by atoms with Gasteiger partial charge in [-0.3, -0.25) is 4.68 Å². The molecule has 4 nitrogen and oxygen atoms in total. The van der Waals surface area contributed by atoms with Crippen LogP contribution in [0.25, 0.3) is 0 Å². The van der Waals surface area contributed by atoms with E-state index in [1.807, 2.05) is 12.4 Å². The van der Waals surface area contributed by atoms with Crippen molar-refractivity contribution in [2.45, 2.75) is 52.2 Å². The molecule has 1 heterocycles. The Kier molecular flexibility index (Phi) is 4.78. The molecule has 0 aromatic carbocycles. The summed E-state index contributed by atoms with van der Waals surface area (Å²) in [5.41, 5.74) is 1.20. The van der Waals surface area contributed by atoms with Crippen molar-refractivity contribution >= 4 is 0 Å². The third-order valence-corrected chi connectivity index (χ3v) is 4.29. The Morgan fingerprint density at radius 3 is 3.06 bits per heavy atom. The van der Waals surface area contributed by atoms with E-state index < -0.39 is 0 Å². The fraction of sp³-hybridized carbons (Fsp3) is 0.786. The molecule has 1 saturated carbocycles. The molecule has 3 atom stereocenters. The maximum absolute atomic E-state index is 8.85. The average Bonchev–Trinajstić information content (AvgIpc) is 2.79. The molecule has 1 fully saturated rings. The quantitative estimate of drug-likeness (QED) is 0.839. The summed E-state index contributed by atoms with van der Waals surface area (Å²) in [4.78, 5) is 0. The van der Waals surface area contributed by atoms with Gasteiger partial charge in [0.15, 0.2) is 0 Å². The summed E-state index contributed by atoms with van der Waals surface area (Å²) < 4.78 is 1.80. The van der Waals surface area contributed by atoms with Crippen molar-refractivity contribution in [3.8, 4) is 0 Å². The molecule has 3 unspecified atom stereocenters. The van der Waals surface area contributed by atoms with Crippen molar-refractivity contribution in [1.82, 2.24) is 15.1 Å². The van der Waals surface area contributed by atoms with Gasteiger partial charge in [-0.15, -0.1) is 0 Å². The maximum atomic E-state index is 8.85. The van der Waals surface area contributed by atoms with Crippen LogP contribution in [-0.2, 0) is 13.1 Å². The number of aliphatic hydroxyl groups excluding tert-OH is 1. The summed E-state index contributed by atoms with van der Waals surface area (Å²) in [5, 5.41) is 16.7. The molecule has 1 aromatic heterocycles. The van der Waals surface area contributed by atoms with Crippen molar-refractivity contribution in [2.75, 3.05) is 6.61 Å². The lowest BCUT2D eigenvalue weighted by Gasteiger charge is -2.34. The number of hydrogen-bond acceptors (Lipinski definition) is 3. The molecule has 4 heteroatoms. The van der Waals surface area contributed by atoms with E-state index in [1.165, 1.54) is 24.8 Å². The first-order valence-electron chi connectivity index (χ1n) is 7.06. The molecule has 0 radical (unpaired) electrons. The number of nitrogens with one attached hydrogen (secondary N) is 1. The average molecular weight is 251 g/mol. The zero-order valence-electron chi connectivity index (χ0n) is 11.5. The fourth-order valence-corrected chi connectivity index (χ4v) is 2.84. The summed E-state index contributed by atoms with van der Waals surface area (Å²) in [6.45, 7) is 6.32. The van der Waals surface area contributed by atoms with Crippen LogP contribution >= 0.6 is 0 Å². The number of rotatable bonds is 5. The molecule has 2 rings (SSSR count). The van der Waals surface area contributed by atoms with Crippen LogP contribution in [0.1, 0.15) is 38.7 Å². The van der Waals surface area contributed by atoms with Gasteiger partial charge in [-0.1, -0.05) is 26.7 Å². The summed E-state index contributed by atoms with van der Waals surface area (Å²) in [6, 6.07) is 0.634. The molecular weight excluding hydrogens is 226 g/mol. The first-order valence-corrected chi connectivity index (χ1v) is 7.06. The summed E-state index contributed by atoms with van der Waals surface area (Å²) in [7, 11) is 0. The predicted octanol–water partition coefficient (Wildman–Crippen LogP) is 1.79. The van der Waals surface area contributed by atoms with E-state index in [0.717, 1.165) is 18.4 Å². The van der Waals surface area contributed by atoms with Crippen LogP contribution in [-0.4, -0.2) is 27.5 Å². The zero-order valence-corrected chi connectivity index (χ0v) is 11.5. The van der Waals surface area contributed by atoms with Crippen LogP contribution in [0.4, 0.5) is 0 Å². The standard InChI is InChI=1S/C14H25N3O/c1-11-4-3-5-14(12(11)2)15-8-13-9-16-17(10-13)6-7-18/h9-12,14-15,18H,3-8H2,1-2H3. The summed E-state index contributed by atoms with van der Waals surface area (Å²) in [6.07, 6.45) is 7.90. The fourth-order valence-electron chi connectivity index (χ4n) is 2.84. The second-order valence-corrected chi connectivity index (χ2v) is 5.59. The first kappa shape index (κ1) is 13.6. The SMILES string of the molecule is CC1CCCC(NCc2cnn(CCO)c2)C1C. The van der Waals surface area contributed by atoms with E-state index >= 15 is 0 Å². The highest BCUT2D eigenvalue weighted by Crippen LogP contribution is 2.29. The van der Waals surface area contributed by atoms with Crippen LogP contribution in [0.15, 0.2) is 12.4 Å². The molecule has 2 N–H and O–H groups in total. The smallest absolute Gasteiger partial charge is 0.0640 e. The van der Waals surface area contributed by atoms with Crippen molar-refractivity contribution in [3.63, 3.8) is 0 Å². The van der Waals surface area contributed by atoms with Gasteiger partial charge in [-0.2, -0.15) is 5.10 Å². The Morgan fingerprint density at radius 1 is 1.44 bits per heavy atom. The van der Waals surface area contributed by atoms with Gasteiger partial charge in [-0.05, 0) is 18.3 Å². The minimum absolute atomic E-state index is 0.145. The van der Waals surface area contributed by atoms with E-state index in [4.69, 9.17) is 5.11 Å².